The van der Waals surface area contributed by atoms with E-state index in [1.54, 1.807) is 11.6 Å². The fourth-order valence-electron chi connectivity index (χ4n) is 4.78. The summed E-state index contributed by atoms with van der Waals surface area (Å²) in [7, 11) is 0. The molecule has 3 unspecified atom stereocenters. The van der Waals surface area contributed by atoms with E-state index in [-0.39, 0.29) is 63.9 Å². The zero-order valence-corrected chi connectivity index (χ0v) is 20.1. The number of nitrogens with zero attached hydrogens (tertiary/aromatic N) is 4. The molecule has 12 heteroatoms. The molecule has 0 aliphatic carbocycles. The zero-order valence-electron chi connectivity index (χ0n) is 18.6. The SMILES string of the molecule is CC(=O)NC1CC2COCC1N2Cc1nc(-c2nccs2)nc(-c2ccc(F)cc2Cl)c1C(=O)O. The summed E-state index contributed by atoms with van der Waals surface area (Å²) < 4.78 is 19.5. The normalized spacial score (nSPS) is 21.7. The van der Waals surface area contributed by atoms with Crippen LogP contribution in [0.5, 0.6) is 0 Å². The fraction of sp³-hybridized carbons (Fsp3) is 0.348. The van der Waals surface area contributed by atoms with Crippen LogP contribution in [-0.2, 0) is 16.1 Å². The lowest BCUT2D eigenvalue weighted by atomic mass is 10.0. The molecule has 0 spiro atoms. The van der Waals surface area contributed by atoms with E-state index in [9.17, 15) is 19.1 Å². The van der Waals surface area contributed by atoms with Crippen LogP contribution in [0.25, 0.3) is 22.1 Å². The molecule has 3 atom stereocenters. The molecule has 2 saturated heterocycles. The molecule has 2 N–H and O–H groups in total. The van der Waals surface area contributed by atoms with Gasteiger partial charge in [-0.3, -0.25) is 9.69 Å². The summed E-state index contributed by atoms with van der Waals surface area (Å²) in [5.41, 5.74) is 0.555. The monoisotopic (exact) mass is 517 g/mol. The molecule has 35 heavy (non-hydrogen) atoms. The van der Waals surface area contributed by atoms with Crippen LogP contribution >= 0.6 is 22.9 Å². The van der Waals surface area contributed by atoms with E-state index in [0.717, 1.165) is 6.07 Å². The van der Waals surface area contributed by atoms with Gasteiger partial charge < -0.3 is 15.2 Å². The van der Waals surface area contributed by atoms with E-state index in [1.165, 1.54) is 30.4 Å². The van der Waals surface area contributed by atoms with Gasteiger partial charge >= 0.3 is 5.97 Å². The molecule has 2 aliphatic rings. The summed E-state index contributed by atoms with van der Waals surface area (Å²) in [4.78, 5) is 39.8. The molecule has 3 aromatic rings. The Kier molecular flexibility index (Phi) is 6.49. The van der Waals surface area contributed by atoms with E-state index in [0.29, 0.717) is 24.6 Å². The van der Waals surface area contributed by atoms with Gasteiger partial charge in [-0.25, -0.2) is 24.1 Å². The first-order valence-corrected chi connectivity index (χ1v) is 12.2. The first-order chi connectivity index (χ1) is 16.8. The van der Waals surface area contributed by atoms with E-state index in [1.807, 2.05) is 0 Å². The largest absolute Gasteiger partial charge is 0.478 e. The van der Waals surface area contributed by atoms with Crippen LogP contribution in [-0.4, -0.2) is 68.2 Å². The Hall–Kier alpha value is -2.99. The van der Waals surface area contributed by atoms with Gasteiger partial charge in [0.05, 0.1) is 35.7 Å². The van der Waals surface area contributed by atoms with Crippen molar-refractivity contribution in [2.45, 2.75) is 38.0 Å². The van der Waals surface area contributed by atoms with Crippen LogP contribution in [0.2, 0.25) is 5.02 Å². The number of morpholine rings is 1. The quantitative estimate of drug-likeness (QED) is 0.511. The molecule has 5 rings (SSSR count). The van der Waals surface area contributed by atoms with Crippen molar-refractivity contribution >= 4 is 34.8 Å². The number of halogens is 2. The molecular weight excluding hydrogens is 497 g/mol. The molecule has 0 saturated carbocycles. The minimum absolute atomic E-state index is 0.0108. The molecule has 2 bridgehead atoms. The molecular formula is C23H21ClFN5O4S. The highest BCUT2D eigenvalue weighted by Gasteiger charge is 2.45. The number of aromatic nitrogens is 3. The number of aromatic carboxylic acids is 1. The maximum absolute atomic E-state index is 13.7. The lowest BCUT2D eigenvalue weighted by Gasteiger charge is -2.35. The van der Waals surface area contributed by atoms with Gasteiger partial charge in [0.15, 0.2) is 10.8 Å². The number of fused-ring (bicyclic) bond motifs is 2. The second kappa shape index (κ2) is 9.57. The number of nitrogens with one attached hydrogen (secondary N) is 1. The van der Waals surface area contributed by atoms with E-state index >= 15 is 0 Å². The number of amides is 1. The number of carboxylic acids is 1. The minimum Gasteiger partial charge on any atom is -0.478 e. The highest BCUT2D eigenvalue weighted by molar-refractivity contribution is 7.13. The van der Waals surface area contributed by atoms with Crippen molar-refractivity contribution in [1.29, 1.82) is 0 Å². The molecule has 1 aromatic carbocycles. The van der Waals surface area contributed by atoms with Crippen molar-refractivity contribution < 1.29 is 23.8 Å². The summed E-state index contributed by atoms with van der Waals surface area (Å²) in [6.45, 7) is 2.55. The molecule has 2 aliphatic heterocycles. The van der Waals surface area contributed by atoms with Crippen LogP contribution in [0.1, 0.15) is 29.4 Å². The predicted octanol–water partition coefficient (Wildman–Crippen LogP) is 3.24. The van der Waals surface area contributed by atoms with Gasteiger partial charge in [0, 0.05) is 42.7 Å². The summed E-state index contributed by atoms with van der Waals surface area (Å²) in [5.74, 6) is -1.64. The molecule has 9 nitrogen and oxygen atoms in total. The highest BCUT2D eigenvalue weighted by Crippen LogP contribution is 2.36. The smallest absolute Gasteiger partial charge is 0.339 e. The van der Waals surface area contributed by atoms with Crippen molar-refractivity contribution in [3.05, 3.63) is 51.9 Å². The summed E-state index contributed by atoms with van der Waals surface area (Å²) in [6.07, 6.45) is 2.30. The Morgan fingerprint density at radius 1 is 1.34 bits per heavy atom. The highest BCUT2D eigenvalue weighted by atomic mass is 35.5. The van der Waals surface area contributed by atoms with Crippen LogP contribution in [0.15, 0.2) is 29.8 Å². The standard InChI is InChI=1S/C23H21ClFN5O4S/c1-11(31)27-16-7-13-9-34-10-18(16)30(13)8-17-19(23(32)33)20(14-3-2-12(25)6-15(14)24)29-21(28-17)22-26-4-5-35-22/h2-6,13,16,18H,7-10H2,1H3,(H,27,31)(H,32,33). The van der Waals surface area contributed by atoms with Gasteiger partial charge in [-0.2, -0.15) is 0 Å². The summed E-state index contributed by atoms with van der Waals surface area (Å²) in [6, 6.07) is 3.48. The lowest BCUT2D eigenvalue weighted by Crippen LogP contribution is -2.50. The number of carbonyl (C=O) groups is 2. The van der Waals surface area contributed by atoms with Gasteiger partial charge in [0.1, 0.15) is 11.4 Å². The van der Waals surface area contributed by atoms with Crippen LogP contribution in [0, 0.1) is 5.82 Å². The Balaban J connectivity index is 1.63. The molecule has 182 valence electrons. The summed E-state index contributed by atoms with van der Waals surface area (Å²) >= 11 is 7.63. The van der Waals surface area contributed by atoms with E-state index in [2.05, 4.69) is 25.2 Å². The van der Waals surface area contributed by atoms with Crippen molar-refractivity contribution in [2.24, 2.45) is 0 Å². The molecule has 2 aromatic heterocycles. The van der Waals surface area contributed by atoms with E-state index < -0.39 is 11.8 Å². The van der Waals surface area contributed by atoms with Gasteiger partial charge in [0.25, 0.3) is 0 Å². The molecule has 1 amide bonds. The second-order valence-electron chi connectivity index (χ2n) is 8.46. The number of carboxylic acid groups (broad SMARTS) is 1. The number of benzene rings is 1. The third kappa shape index (κ3) is 4.64. The van der Waals surface area contributed by atoms with Crippen molar-refractivity contribution in [3.63, 3.8) is 0 Å². The number of carbonyl (C=O) groups excluding carboxylic acids is 1. The second-order valence-corrected chi connectivity index (χ2v) is 9.76. The number of hydrogen-bond donors (Lipinski definition) is 2. The number of ether oxygens (including phenoxy) is 1. The third-order valence-corrected chi connectivity index (χ3v) is 7.29. The number of rotatable bonds is 6. The van der Waals surface area contributed by atoms with Crippen molar-refractivity contribution in [2.75, 3.05) is 13.2 Å². The maximum atomic E-state index is 13.7. The average Bonchev–Trinajstić information content (AvgIpc) is 3.38. The fourth-order valence-corrected chi connectivity index (χ4v) is 5.60. The Morgan fingerprint density at radius 3 is 2.86 bits per heavy atom. The van der Waals surface area contributed by atoms with Gasteiger partial charge in [-0.15, -0.1) is 11.3 Å². The Morgan fingerprint density at radius 2 is 2.17 bits per heavy atom. The molecule has 2 fully saturated rings. The summed E-state index contributed by atoms with van der Waals surface area (Å²) in [5, 5.41) is 15.5. The van der Waals surface area contributed by atoms with Crippen LogP contribution in [0.3, 0.4) is 0 Å². The van der Waals surface area contributed by atoms with Gasteiger partial charge in [-0.05, 0) is 24.6 Å². The third-order valence-electron chi connectivity index (χ3n) is 6.21. The average molecular weight is 518 g/mol. The first kappa shape index (κ1) is 23.7. The Labute approximate surface area is 208 Å². The van der Waals surface area contributed by atoms with Gasteiger partial charge in [-0.1, -0.05) is 11.6 Å². The predicted molar refractivity (Wildman–Crippen MR) is 127 cm³/mol. The van der Waals surface area contributed by atoms with Crippen molar-refractivity contribution in [1.82, 2.24) is 25.2 Å². The van der Waals surface area contributed by atoms with E-state index in [4.69, 9.17) is 16.3 Å². The van der Waals surface area contributed by atoms with Crippen LogP contribution in [0.4, 0.5) is 4.39 Å². The first-order valence-electron chi connectivity index (χ1n) is 10.9. The topological polar surface area (TPSA) is 118 Å². The lowest BCUT2D eigenvalue weighted by molar-refractivity contribution is -0.120. The van der Waals surface area contributed by atoms with Crippen LogP contribution < -0.4 is 5.32 Å². The minimum atomic E-state index is -1.22. The Bertz CT molecular complexity index is 1290. The molecule has 4 heterocycles. The van der Waals surface area contributed by atoms with Gasteiger partial charge in [0.2, 0.25) is 5.91 Å². The van der Waals surface area contributed by atoms with Crippen molar-refractivity contribution in [3.8, 4) is 22.1 Å². The maximum Gasteiger partial charge on any atom is 0.339 e. The number of hydrogen-bond acceptors (Lipinski definition) is 8. The number of thiazole rings is 1. The zero-order chi connectivity index (χ0) is 24.7. The molecule has 0 radical (unpaired) electrons.